The van der Waals surface area contributed by atoms with Gasteiger partial charge in [0.2, 0.25) is 0 Å². The molecule has 0 bridgehead atoms. The maximum absolute atomic E-state index is 5.68. The van der Waals surface area contributed by atoms with Crippen LogP contribution < -0.4 is 5.32 Å². The monoisotopic (exact) mass is 253 g/mol. The van der Waals surface area contributed by atoms with Crippen LogP contribution in [0.1, 0.15) is 65.2 Å². The second-order valence-electron chi connectivity index (χ2n) is 6.59. The van der Waals surface area contributed by atoms with Gasteiger partial charge in [-0.2, -0.15) is 0 Å². The summed E-state index contributed by atoms with van der Waals surface area (Å²) in [6.45, 7) is 6.91. The summed E-state index contributed by atoms with van der Waals surface area (Å²) in [6, 6.07) is 0.773. The highest BCUT2D eigenvalue weighted by Gasteiger charge is 2.21. The zero-order valence-electron chi connectivity index (χ0n) is 12.3. The lowest BCUT2D eigenvalue weighted by Gasteiger charge is -2.19. The van der Waals surface area contributed by atoms with E-state index >= 15 is 0 Å². The van der Waals surface area contributed by atoms with Gasteiger partial charge in [0, 0.05) is 12.6 Å². The van der Waals surface area contributed by atoms with Crippen LogP contribution >= 0.6 is 0 Å². The second kappa shape index (κ2) is 7.49. The van der Waals surface area contributed by atoms with Gasteiger partial charge in [0.1, 0.15) is 0 Å². The Balaban J connectivity index is 1.61. The molecule has 18 heavy (non-hydrogen) atoms. The van der Waals surface area contributed by atoms with Crippen molar-refractivity contribution in [3.63, 3.8) is 0 Å². The molecule has 2 fully saturated rings. The molecule has 2 aliphatic rings. The topological polar surface area (TPSA) is 21.3 Å². The number of hydrogen-bond acceptors (Lipinski definition) is 2. The van der Waals surface area contributed by atoms with Gasteiger partial charge in [-0.05, 0) is 56.9 Å². The molecule has 106 valence electrons. The summed E-state index contributed by atoms with van der Waals surface area (Å²) in [4.78, 5) is 0. The number of hydrogen-bond donors (Lipinski definition) is 1. The van der Waals surface area contributed by atoms with Crippen LogP contribution in [-0.4, -0.2) is 25.3 Å². The molecule has 2 rings (SSSR count). The summed E-state index contributed by atoms with van der Waals surface area (Å²) >= 11 is 0. The van der Waals surface area contributed by atoms with Gasteiger partial charge in [-0.1, -0.05) is 26.7 Å². The minimum Gasteiger partial charge on any atom is -0.378 e. The Morgan fingerprint density at radius 1 is 1.06 bits per heavy atom. The summed E-state index contributed by atoms with van der Waals surface area (Å²) in [5.74, 6) is 1.84. The Bertz CT molecular complexity index is 223. The van der Waals surface area contributed by atoms with Gasteiger partial charge in [0.15, 0.2) is 0 Å². The third kappa shape index (κ3) is 4.55. The lowest BCUT2D eigenvalue weighted by atomic mass is 9.89. The fourth-order valence-electron chi connectivity index (χ4n) is 3.52. The van der Waals surface area contributed by atoms with Crippen molar-refractivity contribution in [2.24, 2.45) is 11.8 Å². The standard InChI is InChI=1S/C16H31NO/c1-13(2)14-5-3-6-15(9-8-14)17-11-10-16-7-4-12-18-16/h13-17H,3-12H2,1-2H3. The highest BCUT2D eigenvalue weighted by Crippen LogP contribution is 2.28. The maximum Gasteiger partial charge on any atom is 0.0588 e. The van der Waals surface area contributed by atoms with Crippen LogP contribution in [0.4, 0.5) is 0 Å². The van der Waals surface area contributed by atoms with E-state index in [4.69, 9.17) is 4.74 Å². The normalized spacial score (nSPS) is 33.8. The zero-order valence-corrected chi connectivity index (χ0v) is 12.3. The fraction of sp³-hybridized carbons (Fsp3) is 1.00. The SMILES string of the molecule is CC(C)C1CCCC(NCCC2CCCO2)CC1. The molecule has 0 aromatic heterocycles. The Hall–Kier alpha value is -0.0800. The summed E-state index contributed by atoms with van der Waals surface area (Å²) in [5.41, 5.74) is 0. The fourth-order valence-corrected chi connectivity index (χ4v) is 3.52. The first kappa shape index (κ1) is 14.3. The predicted molar refractivity (Wildman–Crippen MR) is 76.8 cm³/mol. The zero-order chi connectivity index (χ0) is 12.8. The van der Waals surface area contributed by atoms with Crippen LogP contribution in [0.5, 0.6) is 0 Å². The molecule has 0 aromatic carbocycles. The smallest absolute Gasteiger partial charge is 0.0588 e. The first-order chi connectivity index (χ1) is 8.75. The highest BCUT2D eigenvalue weighted by molar-refractivity contribution is 4.77. The largest absolute Gasteiger partial charge is 0.378 e. The van der Waals surface area contributed by atoms with Crippen LogP contribution in [0.25, 0.3) is 0 Å². The average Bonchev–Trinajstić information content (AvgIpc) is 2.73. The number of nitrogens with one attached hydrogen (secondary N) is 1. The van der Waals surface area contributed by atoms with E-state index in [0.717, 1.165) is 31.0 Å². The molecule has 1 heterocycles. The van der Waals surface area contributed by atoms with Gasteiger partial charge >= 0.3 is 0 Å². The molecule has 0 spiro atoms. The summed E-state index contributed by atoms with van der Waals surface area (Å²) in [5, 5.41) is 3.77. The quantitative estimate of drug-likeness (QED) is 0.753. The van der Waals surface area contributed by atoms with Gasteiger partial charge in [-0.3, -0.25) is 0 Å². The van der Waals surface area contributed by atoms with Crippen molar-refractivity contribution in [1.29, 1.82) is 0 Å². The van der Waals surface area contributed by atoms with E-state index in [-0.39, 0.29) is 0 Å². The molecule has 1 aliphatic carbocycles. The first-order valence-corrected chi connectivity index (χ1v) is 8.10. The molecule has 2 nitrogen and oxygen atoms in total. The molecule has 1 aliphatic heterocycles. The molecule has 0 aromatic rings. The third-order valence-electron chi connectivity index (χ3n) is 4.88. The molecule has 0 amide bonds. The molecule has 2 heteroatoms. The van der Waals surface area contributed by atoms with Crippen molar-refractivity contribution >= 4 is 0 Å². The minimum atomic E-state index is 0.548. The molecule has 3 atom stereocenters. The number of ether oxygens (including phenoxy) is 1. The van der Waals surface area contributed by atoms with Crippen molar-refractivity contribution in [3.8, 4) is 0 Å². The van der Waals surface area contributed by atoms with Gasteiger partial charge in [0.25, 0.3) is 0 Å². The summed E-state index contributed by atoms with van der Waals surface area (Å²) in [6.07, 6.45) is 11.4. The van der Waals surface area contributed by atoms with E-state index in [1.807, 2.05) is 0 Å². The molecule has 0 radical (unpaired) electrons. The molecule has 1 N–H and O–H groups in total. The summed E-state index contributed by atoms with van der Waals surface area (Å²) in [7, 11) is 0. The van der Waals surface area contributed by atoms with Crippen molar-refractivity contribution in [2.75, 3.05) is 13.2 Å². The van der Waals surface area contributed by atoms with Crippen molar-refractivity contribution in [3.05, 3.63) is 0 Å². The van der Waals surface area contributed by atoms with Crippen LogP contribution in [0.2, 0.25) is 0 Å². The molecule has 3 unspecified atom stereocenters. The average molecular weight is 253 g/mol. The Kier molecular flexibility index (Phi) is 5.97. The molecule has 1 saturated heterocycles. The Morgan fingerprint density at radius 3 is 2.67 bits per heavy atom. The predicted octanol–water partition coefficient (Wildman–Crippen LogP) is 3.75. The maximum atomic E-state index is 5.68. The van der Waals surface area contributed by atoms with E-state index in [2.05, 4.69) is 19.2 Å². The van der Waals surface area contributed by atoms with Gasteiger partial charge in [-0.15, -0.1) is 0 Å². The van der Waals surface area contributed by atoms with Crippen molar-refractivity contribution in [2.45, 2.75) is 77.4 Å². The lowest BCUT2D eigenvalue weighted by molar-refractivity contribution is 0.103. The third-order valence-corrected chi connectivity index (χ3v) is 4.88. The van der Waals surface area contributed by atoms with Crippen LogP contribution in [0, 0.1) is 11.8 Å². The first-order valence-electron chi connectivity index (χ1n) is 8.10. The second-order valence-corrected chi connectivity index (χ2v) is 6.59. The van der Waals surface area contributed by atoms with Gasteiger partial charge in [0.05, 0.1) is 6.10 Å². The van der Waals surface area contributed by atoms with Crippen LogP contribution in [0.15, 0.2) is 0 Å². The van der Waals surface area contributed by atoms with Gasteiger partial charge < -0.3 is 10.1 Å². The van der Waals surface area contributed by atoms with Crippen molar-refractivity contribution in [1.82, 2.24) is 5.32 Å². The molecular formula is C16H31NO. The van der Waals surface area contributed by atoms with E-state index in [1.54, 1.807) is 0 Å². The minimum absolute atomic E-state index is 0.548. The molecule has 1 saturated carbocycles. The van der Waals surface area contributed by atoms with E-state index in [1.165, 1.54) is 51.4 Å². The molecular weight excluding hydrogens is 222 g/mol. The van der Waals surface area contributed by atoms with Crippen LogP contribution in [0.3, 0.4) is 0 Å². The van der Waals surface area contributed by atoms with E-state index in [9.17, 15) is 0 Å². The number of rotatable bonds is 5. The Labute approximate surface area is 113 Å². The van der Waals surface area contributed by atoms with Crippen molar-refractivity contribution < 1.29 is 4.74 Å². The van der Waals surface area contributed by atoms with E-state index < -0.39 is 0 Å². The van der Waals surface area contributed by atoms with Crippen LogP contribution in [-0.2, 0) is 4.74 Å². The lowest BCUT2D eigenvalue weighted by Crippen LogP contribution is -2.31. The van der Waals surface area contributed by atoms with Gasteiger partial charge in [-0.25, -0.2) is 0 Å². The van der Waals surface area contributed by atoms with E-state index in [0.29, 0.717) is 6.10 Å². The highest BCUT2D eigenvalue weighted by atomic mass is 16.5. The Morgan fingerprint density at radius 2 is 1.94 bits per heavy atom. The summed E-state index contributed by atoms with van der Waals surface area (Å²) < 4.78 is 5.68.